The standard InChI is InChI=1S/C47H66N4O12/c1-11-12-13-18-50-19-21-51(22-20-50)48-24-32-37-42(57)35-34(41(32)56)36-44(30(7)40(35)55)63-47(9,45(36)58)61-23-17-33(60-10)27(4)43(62-31(8)52)29(6)39(54)28(5)38(53)25(2)15-14-16-26(3)46(59)49-37/h14-17,23-25,27-29,33,38-39,43,53-57H,11-13,18-22H2,1-10H3,(H,49,59)/b15-14-,23-17-,26-16-,48-24+/t25-,27+,28+,29+,33-,38-,39+,43+,47-/m0/s1. The van der Waals surface area contributed by atoms with Crippen molar-refractivity contribution in [3.63, 3.8) is 0 Å². The van der Waals surface area contributed by atoms with Crippen LogP contribution in [-0.2, 0) is 23.8 Å². The van der Waals surface area contributed by atoms with Gasteiger partial charge in [0.05, 0.1) is 53.0 Å². The summed E-state index contributed by atoms with van der Waals surface area (Å²) in [6.07, 6.45) is 8.30. The van der Waals surface area contributed by atoms with Crippen LogP contribution in [0.5, 0.6) is 23.0 Å². The van der Waals surface area contributed by atoms with Crippen molar-refractivity contribution in [2.45, 2.75) is 112 Å². The number of aliphatic hydroxyl groups excluding tert-OH is 2. The van der Waals surface area contributed by atoms with E-state index in [-0.39, 0.29) is 44.5 Å². The normalized spacial score (nSPS) is 30.8. The van der Waals surface area contributed by atoms with Gasteiger partial charge in [0, 0.05) is 87.3 Å². The van der Waals surface area contributed by atoms with Gasteiger partial charge in [-0.25, -0.2) is 0 Å². The first-order valence-corrected chi connectivity index (χ1v) is 21.9. The van der Waals surface area contributed by atoms with Crippen LogP contribution in [0.4, 0.5) is 5.69 Å². The molecule has 0 radical (unpaired) electrons. The highest BCUT2D eigenvalue weighted by Crippen LogP contribution is 2.55. The Kier molecular flexibility index (Phi) is 15.9. The molecule has 1 saturated heterocycles. The lowest BCUT2D eigenvalue weighted by Gasteiger charge is -2.38. The highest BCUT2D eigenvalue weighted by atomic mass is 16.7. The van der Waals surface area contributed by atoms with E-state index < -0.39 is 88.8 Å². The number of benzene rings is 2. The number of ether oxygens (including phenoxy) is 4. The molecule has 0 unspecified atom stereocenters. The molecule has 4 aliphatic heterocycles. The lowest BCUT2D eigenvalue weighted by molar-refractivity contribution is -0.160. The predicted molar refractivity (Wildman–Crippen MR) is 239 cm³/mol. The highest BCUT2D eigenvalue weighted by Gasteiger charge is 2.50. The van der Waals surface area contributed by atoms with Crippen molar-refractivity contribution in [1.29, 1.82) is 0 Å². The first kappa shape index (κ1) is 48.9. The number of rotatable bonds is 8. The van der Waals surface area contributed by atoms with E-state index in [2.05, 4.69) is 22.2 Å². The van der Waals surface area contributed by atoms with Crippen molar-refractivity contribution >= 4 is 40.3 Å². The summed E-state index contributed by atoms with van der Waals surface area (Å²) >= 11 is 0. The number of hydrogen-bond donors (Lipinski definition) is 6. The number of carbonyl (C=O) groups excluding carboxylic acids is 3. The van der Waals surface area contributed by atoms with Gasteiger partial charge in [0.25, 0.3) is 11.7 Å². The van der Waals surface area contributed by atoms with E-state index in [0.717, 1.165) is 38.9 Å². The lowest BCUT2D eigenvalue weighted by atomic mass is 9.78. The van der Waals surface area contributed by atoms with Crippen LogP contribution in [0.15, 0.2) is 41.2 Å². The Balaban J connectivity index is 1.66. The van der Waals surface area contributed by atoms with Gasteiger partial charge in [-0.3, -0.25) is 24.3 Å². The second-order valence-electron chi connectivity index (χ2n) is 17.4. The number of ketones is 1. The molecule has 63 heavy (non-hydrogen) atoms. The Morgan fingerprint density at radius 1 is 0.952 bits per heavy atom. The summed E-state index contributed by atoms with van der Waals surface area (Å²) in [4.78, 5) is 43.1. The molecule has 1 fully saturated rings. The summed E-state index contributed by atoms with van der Waals surface area (Å²) in [6, 6.07) is 0. The van der Waals surface area contributed by atoms with Crippen molar-refractivity contribution in [1.82, 2.24) is 9.91 Å². The van der Waals surface area contributed by atoms with Gasteiger partial charge in [-0.2, -0.15) is 5.10 Å². The number of aromatic hydroxyl groups is 3. The number of Topliss-reactive ketones (excluding diaryl/α,β-unsaturated/α-hetero) is 1. The minimum atomic E-state index is -2.05. The number of nitrogens with one attached hydrogen (secondary N) is 1. The second-order valence-corrected chi connectivity index (χ2v) is 17.4. The zero-order chi connectivity index (χ0) is 46.5. The Morgan fingerprint density at radius 3 is 2.27 bits per heavy atom. The third-order valence-electron chi connectivity index (χ3n) is 12.8. The van der Waals surface area contributed by atoms with E-state index in [9.17, 15) is 39.9 Å². The molecular weight excluding hydrogens is 813 g/mol. The van der Waals surface area contributed by atoms with Crippen LogP contribution >= 0.6 is 0 Å². The molecule has 0 aliphatic carbocycles. The van der Waals surface area contributed by atoms with E-state index in [4.69, 9.17) is 18.9 Å². The average Bonchev–Trinajstić information content (AvgIpc) is 3.52. The second kappa shape index (κ2) is 20.6. The predicted octanol–water partition coefficient (Wildman–Crippen LogP) is 5.90. The van der Waals surface area contributed by atoms with E-state index in [1.54, 1.807) is 39.8 Å². The molecule has 0 saturated carbocycles. The maximum Gasteiger partial charge on any atom is 0.312 e. The molecular formula is C47H66N4O12. The number of phenolic OH excluding ortho intramolecular Hbond substituents is 3. The van der Waals surface area contributed by atoms with Crippen molar-refractivity contribution in [3.8, 4) is 23.0 Å². The number of phenols is 3. The number of hydrazone groups is 1. The smallest absolute Gasteiger partial charge is 0.312 e. The Labute approximate surface area is 369 Å². The zero-order valence-electron chi connectivity index (χ0n) is 38.2. The average molecular weight is 879 g/mol. The van der Waals surface area contributed by atoms with Gasteiger partial charge in [-0.1, -0.05) is 65.7 Å². The largest absolute Gasteiger partial charge is 0.507 e. The number of fused-ring (bicyclic) bond motifs is 14. The zero-order valence-corrected chi connectivity index (χ0v) is 38.2. The van der Waals surface area contributed by atoms with Crippen LogP contribution in [0.2, 0.25) is 0 Å². The van der Waals surface area contributed by atoms with Gasteiger partial charge < -0.3 is 49.8 Å². The Morgan fingerprint density at radius 2 is 1.63 bits per heavy atom. The Bertz CT molecular complexity index is 2140. The summed E-state index contributed by atoms with van der Waals surface area (Å²) in [7, 11) is 1.44. The van der Waals surface area contributed by atoms with Crippen LogP contribution in [0, 0.1) is 30.6 Å². The number of aliphatic hydroxyl groups is 2. The number of amides is 1. The quantitative estimate of drug-likeness (QED) is 0.0599. The summed E-state index contributed by atoms with van der Waals surface area (Å²) < 4.78 is 23.7. The number of allylic oxidation sites excluding steroid dienone is 2. The summed E-state index contributed by atoms with van der Waals surface area (Å²) in [5.41, 5.74) is -0.317. The van der Waals surface area contributed by atoms with Gasteiger partial charge >= 0.3 is 11.8 Å². The van der Waals surface area contributed by atoms with E-state index in [1.165, 1.54) is 59.4 Å². The molecule has 2 aromatic carbocycles. The molecule has 2 aromatic rings. The number of nitrogens with zero attached hydrogens (tertiary/aromatic N) is 3. The number of unbranched alkanes of at least 4 members (excludes halogenated alkanes) is 2. The van der Waals surface area contributed by atoms with Crippen LogP contribution in [0.1, 0.15) is 96.1 Å². The molecule has 9 atom stereocenters. The lowest BCUT2D eigenvalue weighted by Crippen LogP contribution is -2.46. The van der Waals surface area contributed by atoms with Crippen LogP contribution in [-0.4, -0.2) is 129 Å². The summed E-state index contributed by atoms with van der Waals surface area (Å²) in [5.74, 6) is -8.31. The maximum absolute atomic E-state index is 14.5. The molecule has 0 spiro atoms. The third-order valence-corrected chi connectivity index (χ3v) is 12.8. The number of anilines is 1. The van der Waals surface area contributed by atoms with Gasteiger partial charge in [0.1, 0.15) is 23.4 Å². The highest BCUT2D eigenvalue weighted by molar-refractivity contribution is 6.23. The van der Waals surface area contributed by atoms with Crippen LogP contribution < -0.4 is 10.1 Å². The molecule has 4 aliphatic rings. The molecule has 0 aromatic heterocycles. The molecule has 6 rings (SSSR count). The van der Waals surface area contributed by atoms with Crippen molar-refractivity contribution in [2.75, 3.05) is 45.2 Å². The van der Waals surface area contributed by atoms with Crippen LogP contribution in [0.25, 0.3) is 10.8 Å². The van der Waals surface area contributed by atoms with Crippen molar-refractivity contribution in [2.24, 2.45) is 28.8 Å². The minimum absolute atomic E-state index is 0.0600. The summed E-state index contributed by atoms with van der Waals surface area (Å²) in [5, 5.41) is 67.4. The number of methoxy groups -OCH3 is 1. The number of hydrogen-bond acceptors (Lipinski definition) is 15. The molecule has 16 nitrogen and oxygen atoms in total. The van der Waals surface area contributed by atoms with Crippen LogP contribution in [0.3, 0.4) is 0 Å². The van der Waals surface area contributed by atoms with Gasteiger partial charge in [-0.15, -0.1) is 0 Å². The SMILES string of the molecule is CCCCCN1CCN(/N=C/c2c3c(O)c4c(O)c(C)c5c(c4c2O)C(=O)[C@@](C)(O/C=C\[C@H](OC)[C@@H](C)[C@@H](OC(C)=O)[C@H](C)[C@H](O)[C@H](C)[C@@H](O)[C@@H](C)/C=C\C=C(\C)C(=O)N3)O5)CC1. The molecule has 16 heteroatoms. The first-order chi connectivity index (χ1) is 29.8. The number of carbonyl (C=O) groups is 3. The minimum Gasteiger partial charge on any atom is -0.507 e. The monoisotopic (exact) mass is 878 g/mol. The van der Waals surface area contributed by atoms with E-state index >= 15 is 0 Å². The molecule has 4 heterocycles. The van der Waals surface area contributed by atoms with Gasteiger partial charge in [0.15, 0.2) is 5.75 Å². The fourth-order valence-electron chi connectivity index (χ4n) is 8.67. The van der Waals surface area contributed by atoms with Crippen molar-refractivity contribution < 1.29 is 58.9 Å². The molecule has 346 valence electrons. The first-order valence-electron chi connectivity index (χ1n) is 21.9. The number of esters is 1. The fourth-order valence-corrected chi connectivity index (χ4v) is 8.67. The maximum atomic E-state index is 14.5. The molecule has 6 N–H and O–H groups in total. The molecule has 5 bridgehead atoms. The third kappa shape index (κ3) is 10.3. The topological polar surface area (TPSA) is 220 Å². The van der Waals surface area contributed by atoms with Gasteiger partial charge in [0.2, 0.25) is 0 Å². The number of piperazine rings is 1. The molecule has 1 amide bonds. The van der Waals surface area contributed by atoms with Gasteiger partial charge in [-0.05, 0) is 32.9 Å². The fraction of sp³-hybridized carbons (Fsp3) is 0.574. The van der Waals surface area contributed by atoms with E-state index in [0.29, 0.717) is 13.1 Å². The van der Waals surface area contributed by atoms with E-state index in [1.807, 2.05) is 5.01 Å². The summed E-state index contributed by atoms with van der Waals surface area (Å²) in [6.45, 7) is 18.4. The Hall–Kier alpha value is -5.16. The van der Waals surface area contributed by atoms with Crippen molar-refractivity contribution in [3.05, 3.63) is 52.8 Å².